The maximum atomic E-state index is 13.3. The van der Waals surface area contributed by atoms with Crippen LogP contribution in [-0.4, -0.2) is 9.97 Å². The van der Waals surface area contributed by atoms with Crippen LogP contribution in [0.15, 0.2) is 42.7 Å². The van der Waals surface area contributed by atoms with Crippen LogP contribution in [0.4, 0.5) is 8.78 Å². The molecule has 3 rings (SSSR count). The molecular formula is C20H22F2N2. The molecule has 1 aromatic heterocycles. The van der Waals surface area contributed by atoms with Gasteiger partial charge in [0.15, 0.2) is 17.5 Å². The molecule has 1 heterocycles. The average molecular weight is 328 g/mol. The van der Waals surface area contributed by atoms with Crippen molar-refractivity contribution in [3.63, 3.8) is 0 Å². The molecule has 4 heteroatoms. The number of benzene rings is 1. The number of rotatable bonds is 4. The van der Waals surface area contributed by atoms with Gasteiger partial charge in [0.05, 0.1) is 0 Å². The molecule has 1 aliphatic carbocycles. The molecule has 0 saturated heterocycles. The SMILES string of the molecule is CC/C=C/[C@H]1CC[C@H](c2cnc(-c3ccc(F)c(F)c3)nc2)CC1. The van der Waals surface area contributed by atoms with E-state index in [1.165, 1.54) is 18.9 Å². The third-order valence-electron chi connectivity index (χ3n) is 4.74. The highest BCUT2D eigenvalue weighted by atomic mass is 19.2. The van der Waals surface area contributed by atoms with Gasteiger partial charge in [-0.1, -0.05) is 19.1 Å². The number of hydrogen-bond acceptors (Lipinski definition) is 2. The lowest BCUT2D eigenvalue weighted by Crippen LogP contribution is -2.12. The zero-order valence-corrected chi connectivity index (χ0v) is 13.9. The Bertz CT molecular complexity index is 702. The van der Waals surface area contributed by atoms with Crippen LogP contribution >= 0.6 is 0 Å². The number of aromatic nitrogens is 2. The summed E-state index contributed by atoms with van der Waals surface area (Å²) in [6.07, 6.45) is 14.0. The Morgan fingerprint density at radius 2 is 1.75 bits per heavy atom. The minimum absolute atomic E-state index is 0.428. The summed E-state index contributed by atoms with van der Waals surface area (Å²) in [4.78, 5) is 8.70. The summed E-state index contributed by atoms with van der Waals surface area (Å²) in [7, 11) is 0. The molecule has 0 atom stereocenters. The second-order valence-corrected chi connectivity index (χ2v) is 6.42. The molecule has 2 nitrogen and oxygen atoms in total. The van der Waals surface area contributed by atoms with Gasteiger partial charge in [0, 0.05) is 18.0 Å². The normalized spacial score (nSPS) is 21.3. The predicted molar refractivity (Wildman–Crippen MR) is 91.5 cm³/mol. The van der Waals surface area contributed by atoms with Crippen molar-refractivity contribution in [2.75, 3.05) is 0 Å². The van der Waals surface area contributed by atoms with E-state index in [2.05, 4.69) is 29.0 Å². The minimum atomic E-state index is -0.876. The molecule has 0 N–H and O–H groups in total. The Morgan fingerprint density at radius 3 is 2.38 bits per heavy atom. The van der Waals surface area contributed by atoms with Gasteiger partial charge in [0.25, 0.3) is 0 Å². The quantitative estimate of drug-likeness (QED) is 0.677. The van der Waals surface area contributed by atoms with E-state index in [-0.39, 0.29) is 0 Å². The van der Waals surface area contributed by atoms with Crippen LogP contribution in [0.5, 0.6) is 0 Å². The summed E-state index contributed by atoms with van der Waals surface area (Å²) < 4.78 is 26.3. The van der Waals surface area contributed by atoms with E-state index in [1.807, 2.05) is 12.4 Å². The van der Waals surface area contributed by atoms with Gasteiger partial charge < -0.3 is 0 Å². The fourth-order valence-corrected chi connectivity index (χ4v) is 3.31. The van der Waals surface area contributed by atoms with Gasteiger partial charge in [0.1, 0.15) is 0 Å². The van der Waals surface area contributed by atoms with Gasteiger partial charge in [-0.2, -0.15) is 0 Å². The van der Waals surface area contributed by atoms with Gasteiger partial charge >= 0.3 is 0 Å². The van der Waals surface area contributed by atoms with E-state index in [4.69, 9.17) is 0 Å². The first-order chi connectivity index (χ1) is 11.7. The van der Waals surface area contributed by atoms with Crippen molar-refractivity contribution in [3.05, 3.63) is 59.9 Å². The lowest BCUT2D eigenvalue weighted by molar-refractivity contribution is 0.374. The predicted octanol–water partition coefficient (Wildman–Crippen LogP) is 5.66. The Morgan fingerprint density at radius 1 is 1.04 bits per heavy atom. The number of nitrogens with zero attached hydrogens (tertiary/aromatic N) is 2. The highest BCUT2D eigenvalue weighted by molar-refractivity contribution is 5.54. The molecule has 1 saturated carbocycles. The first kappa shape index (κ1) is 16.7. The second kappa shape index (κ2) is 7.65. The maximum Gasteiger partial charge on any atom is 0.159 e. The summed E-state index contributed by atoms with van der Waals surface area (Å²) >= 11 is 0. The van der Waals surface area contributed by atoms with E-state index < -0.39 is 11.6 Å². The van der Waals surface area contributed by atoms with Gasteiger partial charge in [0.2, 0.25) is 0 Å². The fraction of sp³-hybridized carbons (Fsp3) is 0.400. The Hall–Kier alpha value is -2.10. The van der Waals surface area contributed by atoms with Crippen molar-refractivity contribution in [2.45, 2.75) is 44.9 Å². The maximum absolute atomic E-state index is 13.3. The molecule has 1 aromatic carbocycles. The molecule has 0 amide bonds. The fourth-order valence-electron chi connectivity index (χ4n) is 3.31. The molecule has 24 heavy (non-hydrogen) atoms. The Labute approximate surface area is 141 Å². The average Bonchev–Trinajstić information content (AvgIpc) is 2.63. The Balaban J connectivity index is 1.67. The van der Waals surface area contributed by atoms with Gasteiger partial charge in [-0.05, 0) is 67.7 Å². The van der Waals surface area contributed by atoms with Gasteiger partial charge in [-0.3, -0.25) is 0 Å². The minimum Gasteiger partial charge on any atom is -0.236 e. The lowest BCUT2D eigenvalue weighted by Gasteiger charge is -2.26. The molecule has 0 bridgehead atoms. The summed E-state index contributed by atoms with van der Waals surface area (Å²) in [5.41, 5.74) is 1.63. The van der Waals surface area contributed by atoms with Crippen LogP contribution in [0.1, 0.15) is 50.5 Å². The molecule has 1 fully saturated rings. The van der Waals surface area contributed by atoms with Crippen LogP contribution in [0.25, 0.3) is 11.4 Å². The number of halogens is 2. The van der Waals surface area contributed by atoms with Crippen LogP contribution in [0.2, 0.25) is 0 Å². The van der Waals surface area contributed by atoms with Crippen LogP contribution in [-0.2, 0) is 0 Å². The molecular weight excluding hydrogens is 306 g/mol. The molecule has 0 unspecified atom stereocenters. The first-order valence-electron chi connectivity index (χ1n) is 8.61. The van der Waals surface area contributed by atoms with E-state index in [0.29, 0.717) is 23.2 Å². The summed E-state index contributed by atoms with van der Waals surface area (Å²) in [6.45, 7) is 2.16. The zero-order chi connectivity index (χ0) is 16.9. The molecule has 0 spiro atoms. The van der Waals surface area contributed by atoms with Crippen molar-refractivity contribution in [3.8, 4) is 11.4 Å². The van der Waals surface area contributed by atoms with Crippen molar-refractivity contribution >= 4 is 0 Å². The molecule has 2 aromatic rings. The number of hydrogen-bond donors (Lipinski definition) is 0. The zero-order valence-electron chi connectivity index (χ0n) is 13.9. The van der Waals surface area contributed by atoms with E-state index in [9.17, 15) is 8.78 Å². The van der Waals surface area contributed by atoms with Crippen molar-refractivity contribution < 1.29 is 8.78 Å². The molecule has 0 aliphatic heterocycles. The van der Waals surface area contributed by atoms with Crippen molar-refractivity contribution in [1.82, 2.24) is 9.97 Å². The standard InChI is InChI=1S/C20H22F2N2/c1-2-3-4-14-5-7-15(8-6-14)17-12-23-20(24-13-17)16-9-10-18(21)19(22)11-16/h3-4,9-15H,2,5-8H2,1H3/b4-3+/t14-,15-. The monoisotopic (exact) mass is 328 g/mol. The Kier molecular flexibility index (Phi) is 5.34. The number of allylic oxidation sites excluding steroid dienone is 2. The lowest BCUT2D eigenvalue weighted by atomic mass is 9.79. The van der Waals surface area contributed by atoms with E-state index in [0.717, 1.165) is 37.0 Å². The highest BCUT2D eigenvalue weighted by Gasteiger charge is 2.21. The molecule has 1 aliphatic rings. The first-order valence-corrected chi connectivity index (χ1v) is 8.61. The topological polar surface area (TPSA) is 25.8 Å². The van der Waals surface area contributed by atoms with Gasteiger partial charge in [-0.15, -0.1) is 0 Å². The van der Waals surface area contributed by atoms with E-state index >= 15 is 0 Å². The largest absolute Gasteiger partial charge is 0.236 e. The summed E-state index contributed by atoms with van der Waals surface area (Å²) in [6, 6.07) is 3.74. The van der Waals surface area contributed by atoms with Crippen LogP contribution in [0, 0.1) is 17.6 Å². The third-order valence-corrected chi connectivity index (χ3v) is 4.74. The van der Waals surface area contributed by atoms with Crippen LogP contribution in [0.3, 0.4) is 0 Å². The summed E-state index contributed by atoms with van der Waals surface area (Å²) in [5.74, 6) is -0.112. The second-order valence-electron chi connectivity index (χ2n) is 6.42. The molecule has 126 valence electrons. The van der Waals surface area contributed by atoms with Crippen molar-refractivity contribution in [2.24, 2.45) is 5.92 Å². The third kappa shape index (κ3) is 3.86. The van der Waals surface area contributed by atoms with Crippen molar-refractivity contribution in [1.29, 1.82) is 0 Å². The summed E-state index contributed by atoms with van der Waals surface area (Å²) in [5, 5.41) is 0. The van der Waals surface area contributed by atoms with E-state index in [1.54, 1.807) is 0 Å². The smallest absolute Gasteiger partial charge is 0.159 e. The van der Waals surface area contributed by atoms with Gasteiger partial charge in [-0.25, -0.2) is 18.7 Å². The highest BCUT2D eigenvalue weighted by Crippen LogP contribution is 2.36. The van der Waals surface area contributed by atoms with Crippen LogP contribution < -0.4 is 0 Å². The molecule has 0 radical (unpaired) electrons.